The first-order chi connectivity index (χ1) is 39.2. The lowest BCUT2D eigenvalue weighted by Crippen LogP contribution is -2.61. The van der Waals surface area contributed by atoms with Gasteiger partial charge in [0.25, 0.3) is 6.71 Å². The van der Waals surface area contributed by atoms with Gasteiger partial charge in [-0.15, -0.1) is 0 Å². The van der Waals surface area contributed by atoms with Crippen molar-refractivity contribution in [2.75, 3.05) is 9.80 Å². The van der Waals surface area contributed by atoms with Crippen molar-refractivity contribution < 1.29 is 4.42 Å². The molecule has 2 aliphatic rings. The van der Waals surface area contributed by atoms with Crippen molar-refractivity contribution >= 4 is 123 Å². The minimum atomic E-state index is -0.0953. The molecule has 0 spiro atoms. The van der Waals surface area contributed by atoms with Gasteiger partial charge < -0.3 is 23.4 Å². The zero-order valence-electron chi connectivity index (χ0n) is 49.3. The van der Waals surface area contributed by atoms with Crippen molar-refractivity contribution in [2.45, 2.75) is 105 Å². The summed E-state index contributed by atoms with van der Waals surface area (Å²) in [5, 5.41) is 7.26. The van der Waals surface area contributed by atoms with Crippen molar-refractivity contribution in [1.82, 2.24) is 9.13 Å². The van der Waals surface area contributed by atoms with Gasteiger partial charge in [0.1, 0.15) is 11.2 Å². The molecule has 15 rings (SSSR count). The van der Waals surface area contributed by atoms with E-state index in [-0.39, 0.29) is 28.4 Å². The Hall–Kier alpha value is -8.74. The number of furan rings is 1. The third-order valence-corrected chi connectivity index (χ3v) is 18.1. The van der Waals surface area contributed by atoms with Crippen LogP contribution in [0.25, 0.3) is 76.9 Å². The highest BCUT2D eigenvalue weighted by Crippen LogP contribution is 2.53. The zero-order valence-corrected chi connectivity index (χ0v) is 49.3. The Balaban J connectivity index is 1.04. The van der Waals surface area contributed by atoms with Crippen LogP contribution in [-0.2, 0) is 21.7 Å². The number of aromatic nitrogens is 2. The number of para-hydroxylation sites is 7. The summed E-state index contributed by atoms with van der Waals surface area (Å²) in [4.78, 5) is 5.15. The summed E-state index contributed by atoms with van der Waals surface area (Å²) in [5.41, 5.74) is 24.4. The number of hydrogen-bond donors (Lipinski definition) is 0. The van der Waals surface area contributed by atoms with E-state index in [0.29, 0.717) is 0 Å². The molecule has 5 nitrogen and oxygen atoms in total. The van der Waals surface area contributed by atoms with Crippen molar-refractivity contribution in [1.29, 1.82) is 0 Å². The molecule has 2 aliphatic heterocycles. The second-order valence-electron chi connectivity index (χ2n) is 27.4. The van der Waals surface area contributed by atoms with Crippen LogP contribution in [0, 0.1) is 0 Å². The number of nitrogens with zero attached hydrogens (tertiary/aromatic N) is 4. The molecule has 0 unspecified atom stereocenters. The van der Waals surface area contributed by atoms with Crippen molar-refractivity contribution in [2.24, 2.45) is 0 Å². The maximum atomic E-state index is 7.19. The zero-order chi connectivity index (χ0) is 56.5. The van der Waals surface area contributed by atoms with Gasteiger partial charge in [0.05, 0.1) is 55.9 Å². The van der Waals surface area contributed by atoms with Crippen LogP contribution in [0.1, 0.15) is 105 Å². The third kappa shape index (κ3) is 7.39. The number of hydrogen-bond acceptors (Lipinski definition) is 3. The number of benzene rings is 10. The molecule has 0 amide bonds. The van der Waals surface area contributed by atoms with Gasteiger partial charge >= 0.3 is 0 Å². The highest BCUT2D eigenvalue weighted by molar-refractivity contribution is 7.00. The molecule has 0 aliphatic carbocycles. The molecule has 0 saturated carbocycles. The molecule has 0 atom stereocenters. The van der Waals surface area contributed by atoms with Crippen LogP contribution in [0.2, 0.25) is 0 Å². The minimum absolute atomic E-state index is 0.0205. The lowest BCUT2D eigenvalue weighted by atomic mass is 9.33. The Labute approximate surface area is 482 Å². The summed E-state index contributed by atoms with van der Waals surface area (Å²) >= 11 is 0. The standard InChI is InChI=1S/C76H69BN4O/c1-73(2,3)46-33-37-57-51(41-46)52-42-47(74(4,5)6)34-38-58(52)78(57)63-28-18-19-29-64(63)80-61-26-16-14-24-55(61)77-56-25-15-17-27-62(56)81(72-70-50-23-13-22-32-68(50)82-69(70)45-67(80)71(72)77)66-31-21-20-30-65(66)79-59-39-35-48(75(7,8)9)43-53(59)54-44-49(76(10,11)12)36-40-60(54)79/h13-45H,1-12H3. The number of rotatable bonds is 4. The van der Waals surface area contributed by atoms with E-state index >= 15 is 0 Å². The van der Waals surface area contributed by atoms with E-state index in [9.17, 15) is 0 Å². The summed E-state index contributed by atoms with van der Waals surface area (Å²) in [7, 11) is 0. The molecular formula is C76H69BN4O. The Morgan fingerprint density at radius 1 is 0.305 bits per heavy atom. The van der Waals surface area contributed by atoms with Crippen LogP contribution in [-0.4, -0.2) is 15.8 Å². The van der Waals surface area contributed by atoms with Gasteiger partial charge in [-0.25, -0.2) is 0 Å². The van der Waals surface area contributed by atoms with Gasteiger partial charge in [-0.3, -0.25) is 0 Å². The highest BCUT2D eigenvalue weighted by Gasteiger charge is 2.46. The molecule has 0 N–H and O–H groups in total. The molecule has 0 radical (unpaired) electrons. The normalized spacial score (nSPS) is 13.8. The third-order valence-electron chi connectivity index (χ3n) is 18.1. The maximum Gasteiger partial charge on any atom is 0.252 e. The highest BCUT2D eigenvalue weighted by atomic mass is 16.3. The van der Waals surface area contributed by atoms with Crippen LogP contribution in [0.5, 0.6) is 0 Å². The first-order valence-corrected chi connectivity index (χ1v) is 29.4. The average Bonchev–Trinajstić information content (AvgIpc) is 3.60. The monoisotopic (exact) mass is 1060 g/mol. The quantitative estimate of drug-likeness (QED) is 0.165. The summed E-state index contributed by atoms with van der Waals surface area (Å²) in [6, 6.07) is 76.1. The molecule has 0 saturated heterocycles. The van der Waals surface area contributed by atoms with Crippen molar-refractivity contribution in [3.8, 4) is 11.4 Å². The molecule has 10 aromatic carbocycles. The average molecular weight is 1070 g/mol. The van der Waals surface area contributed by atoms with Gasteiger partial charge in [-0.2, -0.15) is 0 Å². The van der Waals surface area contributed by atoms with E-state index in [1.165, 1.54) is 82.3 Å². The van der Waals surface area contributed by atoms with Crippen LogP contribution >= 0.6 is 0 Å². The summed E-state index contributed by atoms with van der Waals surface area (Å²) in [6.07, 6.45) is 0. The molecular weight excluding hydrogens is 996 g/mol. The predicted molar refractivity (Wildman–Crippen MR) is 351 cm³/mol. The molecule has 5 heterocycles. The maximum absolute atomic E-state index is 7.19. The van der Waals surface area contributed by atoms with Crippen molar-refractivity contribution in [3.05, 3.63) is 222 Å². The minimum Gasteiger partial charge on any atom is -0.456 e. The van der Waals surface area contributed by atoms with E-state index in [1.807, 2.05) is 0 Å². The first kappa shape index (κ1) is 50.2. The van der Waals surface area contributed by atoms with Crippen LogP contribution in [0.15, 0.2) is 205 Å². The lowest BCUT2D eigenvalue weighted by Gasteiger charge is -2.45. The largest absolute Gasteiger partial charge is 0.456 e. The summed E-state index contributed by atoms with van der Waals surface area (Å²) in [5.74, 6) is 0. The number of fused-ring (bicyclic) bond motifs is 14. The van der Waals surface area contributed by atoms with Crippen LogP contribution in [0.3, 0.4) is 0 Å². The topological polar surface area (TPSA) is 29.5 Å². The lowest BCUT2D eigenvalue weighted by molar-refractivity contribution is 0.590. The Bertz CT molecular complexity index is 4670. The van der Waals surface area contributed by atoms with Crippen molar-refractivity contribution in [3.63, 3.8) is 0 Å². The SMILES string of the molecule is CC(C)(C)c1ccc2c(c1)c1cc(C(C)(C)C)ccc1n2-c1ccccc1N1c2ccccc2B2c3ccccc3N(c3ccccc3-n3c4ccc(C(C)(C)C)cc4c4cc(C(C)(C)C)ccc43)c3c2c1cc1oc2ccccc2c31. The first-order valence-electron chi connectivity index (χ1n) is 29.4. The Morgan fingerprint density at radius 3 is 1.09 bits per heavy atom. The Morgan fingerprint density at radius 2 is 0.659 bits per heavy atom. The van der Waals surface area contributed by atoms with Gasteiger partial charge in [0, 0.05) is 50.1 Å². The molecule has 3 aromatic heterocycles. The second kappa shape index (κ2) is 17.4. The molecule has 0 bridgehead atoms. The van der Waals surface area contributed by atoms with Gasteiger partial charge in [-0.1, -0.05) is 186 Å². The fourth-order valence-electron chi connectivity index (χ4n) is 13.8. The van der Waals surface area contributed by atoms with E-state index < -0.39 is 0 Å². The molecule has 402 valence electrons. The second-order valence-corrected chi connectivity index (χ2v) is 27.4. The molecule has 0 fully saturated rings. The van der Waals surface area contributed by atoms with E-state index in [2.05, 4.69) is 302 Å². The molecule has 6 heteroatoms. The van der Waals surface area contributed by atoms with E-state index in [0.717, 1.165) is 67.4 Å². The fourth-order valence-corrected chi connectivity index (χ4v) is 13.8. The number of anilines is 6. The van der Waals surface area contributed by atoms with E-state index in [4.69, 9.17) is 4.42 Å². The van der Waals surface area contributed by atoms with Gasteiger partial charge in [0.2, 0.25) is 0 Å². The van der Waals surface area contributed by atoms with E-state index in [1.54, 1.807) is 0 Å². The van der Waals surface area contributed by atoms with Gasteiger partial charge in [-0.05, 0) is 151 Å². The predicted octanol–water partition coefficient (Wildman–Crippen LogP) is 19.1. The summed E-state index contributed by atoms with van der Waals surface area (Å²) < 4.78 is 12.3. The van der Waals surface area contributed by atoms with Crippen LogP contribution < -0.4 is 26.2 Å². The fraction of sp³-hybridized carbons (Fsp3) is 0.211. The Kier molecular flexibility index (Phi) is 10.7. The molecule has 13 aromatic rings. The smallest absolute Gasteiger partial charge is 0.252 e. The summed E-state index contributed by atoms with van der Waals surface area (Å²) in [6.45, 7) is 27.7. The molecule has 82 heavy (non-hydrogen) atoms. The van der Waals surface area contributed by atoms with Crippen LogP contribution in [0.4, 0.5) is 34.1 Å². The van der Waals surface area contributed by atoms with Gasteiger partial charge in [0.15, 0.2) is 0 Å².